The van der Waals surface area contributed by atoms with Gasteiger partial charge in [0.25, 0.3) is 11.9 Å². The van der Waals surface area contributed by atoms with Crippen LogP contribution in [0.1, 0.15) is 49.4 Å². The molecule has 162 valence electrons. The van der Waals surface area contributed by atoms with Gasteiger partial charge >= 0.3 is 0 Å². The van der Waals surface area contributed by atoms with Crippen molar-refractivity contribution in [1.82, 2.24) is 15.2 Å². The average Bonchev–Trinajstić information content (AvgIpc) is 3.12. The molecule has 1 aromatic heterocycles. The highest BCUT2D eigenvalue weighted by molar-refractivity contribution is 6.32. The Kier molecular flexibility index (Phi) is 5.37. The summed E-state index contributed by atoms with van der Waals surface area (Å²) in [6.45, 7) is 4.05. The van der Waals surface area contributed by atoms with Crippen LogP contribution in [0.15, 0.2) is 16.5 Å². The minimum absolute atomic E-state index is 0.120. The van der Waals surface area contributed by atoms with E-state index in [1.807, 2.05) is 0 Å². The van der Waals surface area contributed by atoms with Crippen LogP contribution in [0.5, 0.6) is 0 Å². The van der Waals surface area contributed by atoms with Crippen molar-refractivity contribution in [3.63, 3.8) is 0 Å². The van der Waals surface area contributed by atoms with Crippen molar-refractivity contribution in [3.8, 4) is 0 Å². The number of morpholine rings is 1. The number of carbonyl (C=O) groups excluding carboxylic acids is 1. The van der Waals surface area contributed by atoms with Crippen molar-refractivity contribution in [2.24, 2.45) is 0 Å². The molecule has 7 nitrogen and oxygen atoms in total. The number of nitrogens with one attached hydrogen (secondary N) is 1. The Morgan fingerprint density at radius 2 is 2.03 bits per heavy atom. The summed E-state index contributed by atoms with van der Waals surface area (Å²) in [4.78, 5) is 22.5. The predicted molar refractivity (Wildman–Crippen MR) is 116 cm³/mol. The molecule has 2 aromatic rings. The molecule has 3 unspecified atom stereocenters. The lowest BCUT2D eigenvalue weighted by atomic mass is 9.82. The Labute approximate surface area is 181 Å². The fourth-order valence-electron chi connectivity index (χ4n) is 5.29. The summed E-state index contributed by atoms with van der Waals surface area (Å²) in [6.07, 6.45) is 5.71. The summed E-state index contributed by atoms with van der Waals surface area (Å²) in [7, 11) is 2.22. The quantitative estimate of drug-likeness (QED) is 0.801. The van der Waals surface area contributed by atoms with E-state index in [0.717, 1.165) is 12.8 Å². The van der Waals surface area contributed by atoms with E-state index in [9.17, 15) is 4.79 Å². The van der Waals surface area contributed by atoms with E-state index in [1.54, 1.807) is 12.1 Å². The first-order chi connectivity index (χ1) is 14.5. The smallest absolute Gasteiger partial charge is 0.298 e. The lowest BCUT2D eigenvalue weighted by Crippen LogP contribution is -2.55. The zero-order chi connectivity index (χ0) is 20.8. The van der Waals surface area contributed by atoms with Gasteiger partial charge in [0, 0.05) is 35.8 Å². The van der Waals surface area contributed by atoms with Crippen molar-refractivity contribution in [2.45, 2.75) is 63.2 Å². The first-order valence-corrected chi connectivity index (χ1v) is 11.3. The lowest BCUT2D eigenvalue weighted by Gasteiger charge is -2.47. The number of hydrogen-bond acceptors (Lipinski definition) is 6. The largest absolute Gasteiger partial charge is 0.423 e. The van der Waals surface area contributed by atoms with E-state index in [0.29, 0.717) is 59.5 Å². The van der Waals surface area contributed by atoms with Crippen molar-refractivity contribution in [1.29, 1.82) is 0 Å². The molecule has 5 rings (SSSR count). The van der Waals surface area contributed by atoms with Crippen LogP contribution in [0.25, 0.3) is 11.1 Å². The van der Waals surface area contributed by atoms with E-state index in [4.69, 9.17) is 20.8 Å². The second kappa shape index (κ2) is 8.02. The predicted octanol–water partition coefficient (Wildman–Crippen LogP) is 3.45. The number of fused-ring (bicyclic) bond motifs is 3. The molecule has 1 N–H and O–H groups in total. The normalized spacial score (nSPS) is 29.9. The monoisotopic (exact) mass is 432 g/mol. The van der Waals surface area contributed by atoms with Gasteiger partial charge in [-0.1, -0.05) is 18.0 Å². The van der Waals surface area contributed by atoms with Gasteiger partial charge in [-0.25, -0.2) is 0 Å². The zero-order valence-electron chi connectivity index (χ0n) is 17.6. The van der Waals surface area contributed by atoms with Crippen molar-refractivity contribution in [2.75, 3.05) is 31.7 Å². The number of carbonyl (C=O) groups is 1. The van der Waals surface area contributed by atoms with Crippen LogP contribution in [-0.2, 0) is 4.74 Å². The molecule has 3 atom stereocenters. The minimum Gasteiger partial charge on any atom is -0.423 e. The second-order valence-electron chi connectivity index (χ2n) is 8.96. The van der Waals surface area contributed by atoms with Gasteiger partial charge in [0.15, 0.2) is 5.58 Å². The number of amides is 1. The Morgan fingerprint density at radius 1 is 1.27 bits per heavy atom. The molecule has 30 heavy (non-hydrogen) atoms. The van der Waals surface area contributed by atoms with E-state index >= 15 is 0 Å². The maximum absolute atomic E-state index is 13.2. The number of aromatic nitrogens is 1. The number of nitrogens with zero attached hydrogens (tertiary/aromatic N) is 3. The Morgan fingerprint density at radius 3 is 2.77 bits per heavy atom. The summed E-state index contributed by atoms with van der Waals surface area (Å²) in [5, 5.41) is 3.74. The molecule has 4 heterocycles. The molecule has 3 saturated heterocycles. The Balaban J connectivity index is 1.40. The first kappa shape index (κ1) is 20.1. The molecular formula is C22H29ClN4O3. The number of halogens is 1. The summed E-state index contributed by atoms with van der Waals surface area (Å²) < 4.78 is 11.5. The molecule has 0 spiro atoms. The molecule has 3 fully saturated rings. The van der Waals surface area contributed by atoms with Gasteiger partial charge in [0.1, 0.15) is 5.52 Å². The number of rotatable bonds is 3. The third-order valence-corrected chi connectivity index (χ3v) is 7.20. The van der Waals surface area contributed by atoms with Gasteiger partial charge in [0.2, 0.25) is 0 Å². The number of benzene rings is 1. The van der Waals surface area contributed by atoms with E-state index < -0.39 is 0 Å². The molecule has 1 aromatic carbocycles. The zero-order valence-corrected chi connectivity index (χ0v) is 18.3. The summed E-state index contributed by atoms with van der Waals surface area (Å²) in [5.74, 6) is -0.120. The maximum Gasteiger partial charge on any atom is 0.298 e. The van der Waals surface area contributed by atoms with E-state index in [-0.39, 0.29) is 18.0 Å². The highest BCUT2D eigenvalue weighted by atomic mass is 35.5. The van der Waals surface area contributed by atoms with Crippen molar-refractivity contribution < 1.29 is 13.9 Å². The molecule has 3 aliphatic heterocycles. The highest BCUT2D eigenvalue weighted by Gasteiger charge is 2.37. The summed E-state index contributed by atoms with van der Waals surface area (Å²) >= 11 is 6.32. The number of anilines is 1. The van der Waals surface area contributed by atoms with E-state index in [1.165, 1.54) is 19.3 Å². The number of oxazole rings is 1. The van der Waals surface area contributed by atoms with Crippen LogP contribution >= 0.6 is 11.6 Å². The molecule has 0 aliphatic carbocycles. The van der Waals surface area contributed by atoms with Gasteiger partial charge in [-0.15, -0.1) is 0 Å². The first-order valence-electron chi connectivity index (χ1n) is 11.0. The van der Waals surface area contributed by atoms with Crippen LogP contribution < -0.4 is 10.2 Å². The van der Waals surface area contributed by atoms with Gasteiger partial charge in [-0.3, -0.25) is 4.79 Å². The molecular weight excluding hydrogens is 404 g/mol. The Bertz CT molecular complexity index is 934. The molecule has 3 aliphatic rings. The molecule has 2 bridgehead atoms. The maximum atomic E-state index is 13.2. The van der Waals surface area contributed by atoms with Crippen LogP contribution in [0.2, 0.25) is 5.02 Å². The lowest BCUT2D eigenvalue weighted by molar-refractivity contribution is 0.0463. The van der Waals surface area contributed by atoms with Crippen LogP contribution in [-0.4, -0.2) is 66.8 Å². The number of piperidine rings is 2. The van der Waals surface area contributed by atoms with Crippen LogP contribution in [0.3, 0.4) is 0 Å². The third-order valence-electron chi connectivity index (χ3n) is 6.98. The Hall–Kier alpha value is -1.83. The fraction of sp³-hybridized carbons (Fsp3) is 0.636. The average molecular weight is 433 g/mol. The SMILES string of the molecule is CC1COCCN1c1nc2c(C(=O)NC3CC4CCCC(C3)N4C)cc(Cl)cc2o1. The van der Waals surface area contributed by atoms with Gasteiger partial charge in [-0.05, 0) is 45.7 Å². The molecule has 0 saturated carbocycles. The molecule has 0 radical (unpaired) electrons. The number of hydrogen-bond donors (Lipinski definition) is 1. The second-order valence-corrected chi connectivity index (χ2v) is 9.40. The van der Waals surface area contributed by atoms with E-state index in [2.05, 4.69) is 34.1 Å². The van der Waals surface area contributed by atoms with Crippen LogP contribution in [0.4, 0.5) is 6.01 Å². The van der Waals surface area contributed by atoms with Gasteiger partial charge in [-0.2, -0.15) is 4.98 Å². The molecule has 8 heteroatoms. The van der Waals surface area contributed by atoms with Gasteiger partial charge < -0.3 is 24.3 Å². The third kappa shape index (κ3) is 3.67. The van der Waals surface area contributed by atoms with Crippen molar-refractivity contribution >= 4 is 34.6 Å². The molecule has 1 amide bonds. The highest BCUT2D eigenvalue weighted by Crippen LogP contribution is 2.34. The van der Waals surface area contributed by atoms with Crippen molar-refractivity contribution in [3.05, 3.63) is 22.7 Å². The minimum atomic E-state index is -0.120. The summed E-state index contributed by atoms with van der Waals surface area (Å²) in [5.41, 5.74) is 1.60. The number of ether oxygens (including phenoxy) is 1. The van der Waals surface area contributed by atoms with Crippen LogP contribution in [0, 0.1) is 0 Å². The fourth-order valence-corrected chi connectivity index (χ4v) is 5.50. The summed E-state index contributed by atoms with van der Waals surface area (Å²) in [6, 6.07) is 5.42. The topological polar surface area (TPSA) is 70.8 Å². The van der Waals surface area contributed by atoms with Gasteiger partial charge in [0.05, 0.1) is 24.8 Å². The standard InChI is InChI=1S/C22H29ClN4O3/c1-13-12-29-7-6-27(13)22-25-20-18(8-14(23)9-19(20)30-22)21(28)24-15-10-16-4-3-5-17(11-15)26(16)2/h8-9,13,15-17H,3-7,10-12H2,1-2H3,(H,24,28).